The lowest BCUT2D eigenvalue weighted by Crippen LogP contribution is -2.36. The van der Waals surface area contributed by atoms with Gasteiger partial charge in [0.15, 0.2) is 11.6 Å². The van der Waals surface area contributed by atoms with E-state index in [2.05, 4.69) is 30.6 Å². The lowest BCUT2D eigenvalue weighted by Gasteiger charge is -2.14. The lowest BCUT2D eigenvalue weighted by molar-refractivity contribution is -0.106. The summed E-state index contributed by atoms with van der Waals surface area (Å²) in [6.45, 7) is 3.35. The summed E-state index contributed by atoms with van der Waals surface area (Å²) in [6.07, 6.45) is -3.05. The van der Waals surface area contributed by atoms with E-state index in [0.29, 0.717) is 22.8 Å². The molecule has 1 fully saturated rings. The Morgan fingerprint density at radius 2 is 1.97 bits per heavy atom. The van der Waals surface area contributed by atoms with Crippen molar-refractivity contribution in [3.8, 4) is 22.6 Å². The van der Waals surface area contributed by atoms with Gasteiger partial charge >= 0.3 is 12.3 Å². The molecule has 1 unspecified atom stereocenters. The maximum absolute atomic E-state index is 15.7. The largest absolute Gasteiger partial charge is 0.465 e. The van der Waals surface area contributed by atoms with Crippen LogP contribution in [0.4, 0.5) is 34.0 Å². The van der Waals surface area contributed by atoms with E-state index >= 15 is 4.39 Å². The molecule has 1 amide bonds. The third-order valence-corrected chi connectivity index (χ3v) is 6.86. The summed E-state index contributed by atoms with van der Waals surface area (Å²) in [6, 6.07) is 3.59. The van der Waals surface area contributed by atoms with Gasteiger partial charge in [-0.2, -0.15) is 13.2 Å². The molecule has 1 atom stereocenters. The molecule has 2 heterocycles. The van der Waals surface area contributed by atoms with Gasteiger partial charge in [-0.15, -0.1) is 0 Å². The third-order valence-electron chi connectivity index (χ3n) is 5.63. The number of nitrogens with one attached hydrogen (secondary N) is 4. The van der Waals surface area contributed by atoms with Gasteiger partial charge in [0.25, 0.3) is 0 Å². The highest BCUT2D eigenvalue weighted by molar-refractivity contribution is 7.92. The molecule has 16 heteroatoms. The molecule has 0 spiro atoms. The second-order valence-corrected chi connectivity index (χ2v) is 11.0. The molecule has 1 aliphatic carbocycles. The van der Waals surface area contributed by atoms with Crippen LogP contribution in [0.1, 0.15) is 37.1 Å². The van der Waals surface area contributed by atoms with Crippen molar-refractivity contribution in [3.05, 3.63) is 41.6 Å². The minimum absolute atomic E-state index is 0.0972. The SMILES string of the molecule is Cc1cc(NS(=O)(=O)CC(F)(F)F)c(F)c(-c2nc(C3CC3)[nH]c2-c2ccnc(NCC(C)NC(=O)O)n2)c1. The van der Waals surface area contributed by atoms with Gasteiger partial charge in [-0.1, -0.05) is 0 Å². The number of carbonyl (C=O) groups is 1. The molecule has 0 bridgehead atoms. The Bertz CT molecular complexity index is 1490. The predicted octanol–water partition coefficient (Wildman–Crippen LogP) is 4.23. The molecule has 0 aliphatic heterocycles. The number of H-pyrrole nitrogens is 1. The molecule has 39 heavy (non-hydrogen) atoms. The Labute approximate surface area is 220 Å². The molecule has 1 aliphatic rings. The van der Waals surface area contributed by atoms with E-state index < -0.39 is 45.6 Å². The molecular weight excluding hydrogens is 546 g/mol. The Kier molecular flexibility index (Phi) is 7.68. The number of sulfonamides is 1. The molecule has 210 valence electrons. The van der Waals surface area contributed by atoms with Crippen LogP contribution < -0.4 is 15.4 Å². The van der Waals surface area contributed by atoms with Crippen molar-refractivity contribution in [2.45, 2.75) is 44.8 Å². The van der Waals surface area contributed by atoms with Crippen LogP contribution in [-0.4, -0.2) is 64.1 Å². The number of nitrogens with zero attached hydrogens (tertiary/aromatic N) is 3. The van der Waals surface area contributed by atoms with Gasteiger partial charge in [-0.25, -0.2) is 32.6 Å². The molecule has 11 nitrogen and oxygen atoms in total. The number of hydrogen-bond acceptors (Lipinski definition) is 7. The van der Waals surface area contributed by atoms with E-state index in [-0.39, 0.29) is 29.7 Å². The van der Waals surface area contributed by atoms with E-state index in [1.54, 1.807) is 17.7 Å². The molecular formula is C23H25F4N7O4S. The average molecular weight is 572 g/mol. The summed E-state index contributed by atoms with van der Waals surface area (Å²) in [4.78, 5) is 27.0. The fourth-order valence-corrected chi connectivity index (χ4v) is 4.83. The van der Waals surface area contributed by atoms with Crippen molar-refractivity contribution in [1.82, 2.24) is 25.3 Å². The first-order valence-corrected chi connectivity index (χ1v) is 13.4. The van der Waals surface area contributed by atoms with Crippen LogP contribution in [0.5, 0.6) is 0 Å². The molecule has 0 radical (unpaired) electrons. The summed E-state index contributed by atoms with van der Waals surface area (Å²) < 4.78 is 79.6. The zero-order chi connectivity index (χ0) is 28.5. The number of amides is 1. The van der Waals surface area contributed by atoms with Gasteiger partial charge in [0, 0.05) is 30.3 Å². The van der Waals surface area contributed by atoms with Crippen molar-refractivity contribution in [1.29, 1.82) is 0 Å². The third kappa shape index (κ3) is 7.34. The number of imidazole rings is 1. The topological polar surface area (TPSA) is 162 Å². The van der Waals surface area contributed by atoms with Crippen LogP contribution in [0.15, 0.2) is 24.4 Å². The van der Waals surface area contributed by atoms with Crippen LogP contribution in [0, 0.1) is 12.7 Å². The first-order chi connectivity index (χ1) is 18.2. The number of aromatic nitrogens is 4. The van der Waals surface area contributed by atoms with Crippen molar-refractivity contribution < 1.29 is 35.9 Å². The summed E-state index contributed by atoms with van der Waals surface area (Å²) in [7, 11) is -4.93. The first-order valence-electron chi connectivity index (χ1n) is 11.7. The van der Waals surface area contributed by atoms with Crippen LogP contribution in [0.2, 0.25) is 0 Å². The second kappa shape index (κ2) is 10.7. The lowest BCUT2D eigenvalue weighted by atomic mass is 10.0. The number of alkyl halides is 3. The number of hydrogen-bond donors (Lipinski definition) is 5. The smallest absolute Gasteiger partial charge is 0.404 e. The maximum Gasteiger partial charge on any atom is 0.404 e. The van der Waals surface area contributed by atoms with Crippen LogP contribution in [0.3, 0.4) is 0 Å². The van der Waals surface area contributed by atoms with E-state index in [0.717, 1.165) is 18.9 Å². The predicted molar refractivity (Wildman–Crippen MR) is 134 cm³/mol. The van der Waals surface area contributed by atoms with Gasteiger partial charge in [0.2, 0.25) is 16.0 Å². The fourth-order valence-electron chi connectivity index (χ4n) is 3.85. The van der Waals surface area contributed by atoms with Gasteiger partial charge in [0.1, 0.15) is 11.5 Å². The molecule has 2 aromatic heterocycles. The Morgan fingerprint density at radius 1 is 1.26 bits per heavy atom. The van der Waals surface area contributed by atoms with Crippen LogP contribution >= 0.6 is 0 Å². The summed E-state index contributed by atoms with van der Waals surface area (Å²) >= 11 is 0. The van der Waals surface area contributed by atoms with Crippen LogP contribution in [-0.2, 0) is 10.0 Å². The Balaban J connectivity index is 1.72. The molecule has 1 aromatic carbocycles. The zero-order valence-corrected chi connectivity index (χ0v) is 21.5. The highest BCUT2D eigenvalue weighted by Crippen LogP contribution is 2.42. The van der Waals surface area contributed by atoms with Crippen molar-refractivity contribution in [2.24, 2.45) is 0 Å². The number of rotatable bonds is 10. The van der Waals surface area contributed by atoms with Crippen molar-refractivity contribution in [3.63, 3.8) is 0 Å². The van der Waals surface area contributed by atoms with Crippen molar-refractivity contribution >= 4 is 27.8 Å². The quantitative estimate of drug-likeness (QED) is 0.226. The second-order valence-electron chi connectivity index (χ2n) is 9.27. The number of aromatic amines is 1. The molecule has 4 rings (SSSR count). The first kappa shape index (κ1) is 28.1. The van der Waals surface area contributed by atoms with E-state index in [9.17, 15) is 26.4 Å². The number of aryl methyl sites for hydroxylation is 1. The van der Waals surface area contributed by atoms with Crippen LogP contribution in [0.25, 0.3) is 22.6 Å². The summed E-state index contributed by atoms with van der Waals surface area (Å²) in [5, 5.41) is 14.0. The molecule has 5 N–H and O–H groups in total. The molecule has 1 saturated carbocycles. The standard InChI is InChI=1S/C23H25F4N7O4S/c1-11-7-14(17(24)16(8-11)34-39(37,38)10-23(25,26)27)18-19(33-20(32-18)13-3-4-13)15-5-6-28-21(31-15)29-9-12(2)30-22(35)36/h5-8,12-13,30,34H,3-4,9-10H2,1-2H3,(H,32,33)(H,35,36)(H,28,29,31). The van der Waals surface area contributed by atoms with Crippen molar-refractivity contribution in [2.75, 3.05) is 22.3 Å². The highest BCUT2D eigenvalue weighted by atomic mass is 32.2. The maximum atomic E-state index is 15.7. The van der Waals surface area contributed by atoms with Gasteiger partial charge in [0.05, 0.1) is 17.1 Å². The van der Waals surface area contributed by atoms with Gasteiger partial charge in [-0.3, -0.25) is 4.72 Å². The summed E-state index contributed by atoms with van der Waals surface area (Å²) in [5.74, 6) is -2.43. The Morgan fingerprint density at radius 3 is 2.62 bits per heavy atom. The van der Waals surface area contributed by atoms with Gasteiger partial charge < -0.3 is 20.7 Å². The fraction of sp³-hybridized carbons (Fsp3) is 0.391. The number of benzene rings is 1. The highest BCUT2D eigenvalue weighted by Gasteiger charge is 2.36. The summed E-state index contributed by atoms with van der Waals surface area (Å²) in [5.41, 5.74) is 0.308. The monoisotopic (exact) mass is 571 g/mol. The number of anilines is 2. The average Bonchev–Trinajstić information content (AvgIpc) is 3.56. The Hall–Kier alpha value is -3.95. The van der Waals surface area contributed by atoms with Gasteiger partial charge in [-0.05, 0) is 50.5 Å². The number of halogens is 4. The number of carboxylic acid groups (broad SMARTS) is 1. The zero-order valence-electron chi connectivity index (χ0n) is 20.7. The molecule has 3 aromatic rings. The minimum Gasteiger partial charge on any atom is -0.465 e. The van der Waals surface area contributed by atoms with E-state index in [1.807, 2.05) is 0 Å². The normalized spacial score (nSPS) is 14.6. The van der Waals surface area contributed by atoms with E-state index in [4.69, 9.17) is 5.11 Å². The minimum atomic E-state index is -5.01. The van der Waals surface area contributed by atoms with E-state index in [1.165, 1.54) is 19.2 Å². The molecule has 0 saturated heterocycles.